The van der Waals surface area contributed by atoms with Gasteiger partial charge in [0, 0.05) is 12.5 Å². The summed E-state index contributed by atoms with van der Waals surface area (Å²) in [5.41, 5.74) is 5.12. The number of rotatable bonds is 19. The van der Waals surface area contributed by atoms with Gasteiger partial charge in [0.05, 0.1) is 59.5 Å². The van der Waals surface area contributed by atoms with Crippen molar-refractivity contribution in [3.05, 3.63) is 66.3 Å². The van der Waals surface area contributed by atoms with Crippen LogP contribution < -0.4 is 5.32 Å². The molecule has 0 aliphatic heterocycles. The first-order valence-electron chi connectivity index (χ1n) is 13.2. The van der Waals surface area contributed by atoms with Gasteiger partial charge in [0.2, 0.25) is 0 Å². The molecule has 2 N–H and O–H groups in total. The molecule has 0 radical (unpaired) electrons. The van der Waals surface area contributed by atoms with Crippen molar-refractivity contribution in [2.45, 2.75) is 18.8 Å². The van der Waals surface area contributed by atoms with Gasteiger partial charge < -0.3 is 38.8 Å². The summed E-state index contributed by atoms with van der Waals surface area (Å²) in [4.78, 5) is 22.4. The van der Waals surface area contributed by atoms with E-state index in [0.717, 1.165) is 12.8 Å². The van der Waals surface area contributed by atoms with Gasteiger partial charge in [-0.3, -0.25) is 0 Å². The van der Waals surface area contributed by atoms with Crippen LogP contribution in [0.15, 0.2) is 55.1 Å². The third-order valence-corrected chi connectivity index (χ3v) is 5.87. The normalized spacial score (nSPS) is 15.2. The number of amides is 1. The van der Waals surface area contributed by atoms with Crippen LogP contribution in [0.5, 0.6) is 0 Å². The first-order valence-corrected chi connectivity index (χ1v) is 13.2. The molecule has 1 unspecified atom stereocenters. The number of carbonyl (C=O) groups is 2. The molecule has 1 aromatic carbocycles. The molecule has 0 saturated heterocycles. The molecule has 216 valence electrons. The quantitative estimate of drug-likeness (QED) is 0.198. The number of carboxylic acids is 1. The number of benzene rings is 1. The third kappa shape index (κ3) is 12.1. The fourth-order valence-electron chi connectivity index (χ4n) is 4.21. The average molecular weight is 548 g/mol. The molecule has 2 aliphatic rings. The Morgan fingerprint density at radius 1 is 0.872 bits per heavy atom. The van der Waals surface area contributed by atoms with Gasteiger partial charge >= 0.3 is 12.1 Å². The zero-order chi connectivity index (χ0) is 28.1. The van der Waals surface area contributed by atoms with Crippen LogP contribution >= 0.6 is 0 Å². The van der Waals surface area contributed by atoms with Crippen molar-refractivity contribution in [2.75, 3.05) is 79.2 Å². The van der Waals surface area contributed by atoms with Crippen LogP contribution in [0.1, 0.15) is 29.9 Å². The van der Waals surface area contributed by atoms with Crippen LogP contribution in [0, 0.1) is 0 Å². The lowest BCUT2D eigenvalue weighted by molar-refractivity contribution is -0.142. The number of hydrogen-bond donors (Lipinski definition) is 2. The monoisotopic (exact) mass is 547 g/mol. The van der Waals surface area contributed by atoms with E-state index in [1.54, 1.807) is 0 Å². The van der Waals surface area contributed by atoms with Crippen molar-refractivity contribution in [3.63, 3.8) is 0 Å². The van der Waals surface area contributed by atoms with E-state index in [2.05, 4.69) is 42.8 Å². The van der Waals surface area contributed by atoms with Gasteiger partial charge in [0.25, 0.3) is 0 Å². The minimum Gasteiger partial charge on any atom is -0.480 e. The number of allylic oxidation sites excluding steroid dienone is 3. The Bertz CT molecular complexity index is 931. The molecule has 10 heteroatoms. The minimum atomic E-state index is -0.999. The van der Waals surface area contributed by atoms with Crippen LogP contribution in [0.2, 0.25) is 0 Å². The highest BCUT2D eigenvalue weighted by Crippen LogP contribution is 2.46. The predicted molar refractivity (Wildman–Crippen MR) is 147 cm³/mol. The maximum atomic E-state index is 12.2. The maximum Gasteiger partial charge on any atom is 0.407 e. The first kappa shape index (κ1) is 32.2. The molecule has 3 rings (SSSR count). The van der Waals surface area contributed by atoms with E-state index in [1.165, 1.54) is 22.3 Å². The molecule has 2 aliphatic carbocycles. The summed E-state index contributed by atoms with van der Waals surface area (Å²) in [7, 11) is 0. The van der Waals surface area contributed by atoms with Gasteiger partial charge in [-0.15, -0.1) is 13.2 Å². The fourth-order valence-corrected chi connectivity index (χ4v) is 4.21. The molecule has 0 bridgehead atoms. The van der Waals surface area contributed by atoms with E-state index in [4.69, 9.17) is 33.5 Å². The lowest BCUT2D eigenvalue weighted by Gasteiger charge is -2.18. The van der Waals surface area contributed by atoms with Gasteiger partial charge in [0.1, 0.15) is 13.2 Å². The Balaban J connectivity index is 0.00000260. The molecular weight excluding hydrogens is 506 g/mol. The van der Waals surface area contributed by atoms with E-state index in [9.17, 15) is 9.59 Å². The van der Waals surface area contributed by atoms with Gasteiger partial charge in [-0.1, -0.05) is 42.0 Å². The summed E-state index contributed by atoms with van der Waals surface area (Å²) in [6, 6.07) is 8.34. The summed E-state index contributed by atoms with van der Waals surface area (Å²) in [5, 5.41) is 11.2. The summed E-state index contributed by atoms with van der Waals surface area (Å²) in [6.07, 6.45) is 5.98. The van der Waals surface area contributed by atoms with E-state index in [-0.39, 0.29) is 19.1 Å². The number of ether oxygens (including phenoxy) is 6. The van der Waals surface area contributed by atoms with Gasteiger partial charge in [-0.2, -0.15) is 0 Å². The molecular formula is C29H41NO9. The number of carbonyl (C=O) groups excluding carboxylic acids is 1. The van der Waals surface area contributed by atoms with Crippen molar-refractivity contribution >= 4 is 17.6 Å². The number of fused-ring (bicyclic) bond motifs is 2. The van der Waals surface area contributed by atoms with Crippen LogP contribution in [0.3, 0.4) is 0 Å². The molecule has 10 nitrogen and oxygen atoms in total. The largest absolute Gasteiger partial charge is 0.480 e. The fraction of sp³-hybridized carbons (Fsp3) is 0.517. The summed E-state index contributed by atoms with van der Waals surface area (Å²) in [6.45, 7) is 9.84. The Hall–Kier alpha value is -3.02. The summed E-state index contributed by atoms with van der Waals surface area (Å²) in [5.74, 6) is -0.877. The number of aliphatic carboxylic acids is 1. The Morgan fingerprint density at radius 3 is 2.10 bits per heavy atom. The standard InChI is InChI=1S/C27H37NO9.C2H4/c29-26(30)20-36-18-17-35-16-15-34-14-13-33-12-11-32-10-9-28-27(31)37-19-25-23-7-3-1-5-21(23)22-6-2-4-8-24(22)25;1-2/h1-3,5-7,25H,4,8-20H2,(H,28,31)(H,29,30);1-2H2. The van der Waals surface area contributed by atoms with Crippen LogP contribution in [-0.4, -0.2) is 96.4 Å². The van der Waals surface area contributed by atoms with Gasteiger partial charge in [-0.05, 0) is 29.5 Å². The predicted octanol–water partition coefficient (Wildman–Crippen LogP) is 3.58. The molecule has 0 aromatic heterocycles. The minimum absolute atomic E-state index is 0.122. The molecule has 0 fully saturated rings. The average Bonchev–Trinajstić information content (AvgIpc) is 3.28. The Kier molecular flexibility index (Phi) is 16.5. The zero-order valence-corrected chi connectivity index (χ0v) is 22.6. The maximum absolute atomic E-state index is 12.2. The molecule has 1 aromatic rings. The lowest BCUT2D eigenvalue weighted by Crippen LogP contribution is -2.29. The zero-order valence-electron chi connectivity index (χ0n) is 22.6. The van der Waals surface area contributed by atoms with Crippen LogP contribution in [-0.2, 0) is 33.2 Å². The van der Waals surface area contributed by atoms with E-state index in [0.29, 0.717) is 66.0 Å². The van der Waals surface area contributed by atoms with Crippen molar-refractivity contribution < 1.29 is 43.1 Å². The molecule has 0 heterocycles. The topological polar surface area (TPSA) is 122 Å². The first-order chi connectivity index (χ1) is 19.2. The highest BCUT2D eigenvalue weighted by molar-refractivity contribution is 5.85. The van der Waals surface area contributed by atoms with E-state index < -0.39 is 12.1 Å². The van der Waals surface area contributed by atoms with Crippen LogP contribution in [0.25, 0.3) is 5.57 Å². The van der Waals surface area contributed by atoms with Gasteiger partial charge in [0.15, 0.2) is 0 Å². The van der Waals surface area contributed by atoms with Crippen molar-refractivity contribution in [2.24, 2.45) is 0 Å². The van der Waals surface area contributed by atoms with E-state index >= 15 is 0 Å². The Labute approximate surface area is 230 Å². The smallest absolute Gasteiger partial charge is 0.407 e. The number of carboxylic acid groups (broad SMARTS) is 1. The third-order valence-electron chi connectivity index (χ3n) is 5.87. The Morgan fingerprint density at radius 2 is 1.46 bits per heavy atom. The van der Waals surface area contributed by atoms with Gasteiger partial charge in [-0.25, -0.2) is 9.59 Å². The number of nitrogens with one attached hydrogen (secondary N) is 1. The highest BCUT2D eigenvalue weighted by Gasteiger charge is 2.31. The summed E-state index contributed by atoms with van der Waals surface area (Å²) >= 11 is 0. The van der Waals surface area contributed by atoms with Crippen molar-refractivity contribution in [1.29, 1.82) is 0 Å². The summed E-state index contributed by atoms with van der Waals surface area (Å²) < 4.78 is 31.9. The highest BCUT2D eigenvalue weighted by atomic mass is 16.6. The van der Waals surface area contributed by atoms with E-state index in [1.807, 2.05) is 12.1 Å². The number of hydrogen-bond acceptors (Lipinski definition) is 8. The second-order valence-electron chi connectivity index (χ2n) is 8.44. The molecule has 1 atom stereocenters. The molecule has 1 amide bonds. The number of alkyl carbamates (subject to hydrolysis) is 1. The molecule has 39 heavy (non-hydrogen) atoms. The molecule has 0 spiro atoms. The van der Waals surface area contributed by atoms with Crippen molar-refractivity contribution in [3.8, 4) is 0 Å². The SMILES string of the molecule is C=C.O=C(O)COCCOCCOCCOCCOCCNC(=O)OCC1C2=C(C=CCC2)c2ccccc21. The lowest BCUT2D eigenvalue weighted by atomic mass is 9.91. The van der Waals surface area contributed by atoms with Crippen molar-refractivity contribution in [1.82, 2.24) is 5.32 Å². The second-order valence-corrected chi connectivity index (χ2v) is 8.44. The molecule has 0 saturated carbocycles. The van der Waals surface area contributed by atoms with Crippen LogP contribution in [0.4, 0.5) is 4.79 Å². The second kappa shape index (κ2) is 20.0.